The Balaban J connectivity index is 0.000000209. The number of carbonyl (C=O) groups is 2. The van der Waals surface area contributed by atoms with Crippen molar-refractivity contribution in [2.24, 2.45) is 0 Å². The molecule has 4 aromatic carbocycles. The molecular formula is C66H78F6N12O2S2. The third kappa shape index (κ3) is 16.8. The molecule has 6 heterocycles. The van der Waals surface area contributed by atoms with Crippen LogP contribution in [-0.4, -0.2) is 127 Å². The molecule has 468 valence electrons. The van der Waals surface area contributed by atoms with Crippen LogP contribution in [0.5, 0.6) is 0 Å². The van der Waals surface area contributed by atoms with Gasteiger partial charge in [0.05, 0.1) is 17.8 Å². The SMILES string of the molecule is CCN1CCN(Cc2ccc(C(=O)Nc3ccc(C)c(NCc4cnc5[nH]ccc5c4SC(C)C)c3)cc2C(F)(F)F)CC1.CCN1CCN(Cc2ccc(C(=O)Nc3ccc(C)c(NCn4ccc5c(SC(C)C)ccnc54)c3)cc2C(F)(F)F)CC1. The summed E-state index contributed by atoms with van der Waals surface area (Å²) >= 11 is 3.58. The third-order valence-corrected chi connectivity index (χ3v) is 18.1. The first-order valence-corrected chi connectivity index (χ1v) is 31.6. The molecule has 10 rings (SSSR count). The van der Waals surface area contributed by atoms with Crippen LogP contribution in [-0.2, 0) is 38.7 Å². The summed E-state index contributed by atoms with van der Waals surface area (Å²) < 4.78 is 86.6. The first-order valence-electron chi connectivity index (χ1n) is 29.9. The molecule has 0 radical (unpaired) electrons. The maximum absolute atomic E-state index is 14.1. The van der Waals surface area contributed by atoms with Gasteiger partial charge in [-0.3, -0.25) is 19.4 Å². The minimum absolute atomic E-state index is 0.0341. The number of fused-ring (bicyclic) bond motifs is 2. The molecular weight excluding hydrogens is 1170 g/mol. The second-order valence-corrected chi connectivity index (χ2v) is 26.0. The zero-order valence-corrected chi connectivity index (χ0v) is 52.7. The number of nitrogens with zero attached hydrogens (tertiary/aromatic N) is 7. The van der Waals surface area contributed by atoms with E-state index in [0.717, 1.165) is 106 Å². The van der Waals surface area contributed by atoms with E-state index in [1.165, 1.54) is 29.2 Å². The van der Waals surface area contributed by atoms with E-state index in [1.807, 2.05) is 77.3 Å². The number of rotatable bonds is 20. The van der Waals surface area contributed by atoms with Gasteiger partial charge in [-0.15, -0.1) is 23.5 Å². The molecule has 22 heteroatoms. The number of alkyl halides is 6. The molecule has 88 heavy (non-hydrogen) atoms. The summed E-state index contributed by atoms with van der Waals surface area (Å²) in [5, 5.41) is 15.4. The zero-order chi connectivity index (χ0) is 62.9. The van der Waals surface area contributed by atoms with E-state index in [9.17, 15) is 35.9 Å². The second kappa shape index (κ2) is 29.0. The van der Waals surface area contributed by atoms with E-state index in [4.69, 9.17) is 0 Å². The van der Waals surface area contributed by atoms with Crippen LogP contribution in [0.2, 0.25) is 0 Å². The number of benzene rings is 4. The molecule has 0 aliphatic carbocycles. The molecule has 14 nitrogen and oxygen atoms in total. The van der Waals surface area contributed by atoms with Crippen molar-refractivity contribution in [3.8, 4) is 0 Å². The van der Waals surface area contributed by atoms with E-state index in [-0.39, 0.29) is 35.3 Å². The molecule has 0 spiro atoms. The number of amides is 2. The Bertz CT molecular complexity index is 3700. The van der Waals surface area contributed by atoms with Gasteiger partial charge in [-0.05, 0) is 116 Å². The van der Waals surface area contributed by atoms with Crippen molar-refractivity contribution in [2.45, 2.75) is 114 Å². The molecule has 0 unspecified atom stereocenters. The Morgan fingerprint density at radius 3 is 1.60 bits per heavy atom. The molecule has 2 aliphatic rings. The van der Waals surface area contributed by atoms with Gasteiger partial charge in [0, 0.05) is 167 Å². The average molecular weight is 1250 g/mol. The van der Waals surface area contributed by atoms with Crippen LogP contribution < -0.4 is 21.3 Å². The number of piperazine rings is 2. The number of aryl methyl sites for hydroxylation is 2. The summed E-state index contributed by atoms with van der Waals surface area (Å²) in [7, 11) is 0. The van der Waals surface area contributed by atoms with E-state index in [1.54, 1.807) is 47.8 Å². The Morgan fingerprint density at radius 1 is 0.591 bits per heavy atom. The lowest BCUT2D eigenvalue weighted by atomic mass is 10.0. The molecule has 2 saturated heterocycles. The van der Waals surface area contributed by atoms with Crippen molar-refractivity contribution in [1.29, 1.82) is 0 Å². The fraction of sp³-hybridized carbons (Fsp3) is 0.394. The van der Waals surface area contributed by atoms with E-state index in [0.29, 0.717) is 61.3 Å². The molecule has 2 aliphatic heterocycles. The number of thioether (sulfide) groups is 2. The molecule has 4 aromatic heterocycles. The van der Waals surface area contributed by atoms with Gasteiger partial charge < -0.3 is 40.6 Å². The lowest BCUT2D eigenvalue weighted by Crippen LogP contribution is -2.45. The smallest absolute Gasteiger partial charge is 0.381 e. The Morgan fingerprint density at radius 2 is 1.10 bits per heavy atom. The number of halogens is 6. The largest absolute Gasteiger partial charge is 0.416 e. The van der Waals surface area contributed by atoms with Crippen LogP contribution in [0, 0.1) is 13.8 Å². The lowest BCUT2D eigenvalue weighted by Gasteiger charge is -2.34. The predicted octanol–water partition coefficient (Wildman–Crippen LogP) is 14.7. The van der Waals surface area contributed by atoms with Crippen LogP contribution in [0.3, 0.4) is 0 Å². The number of hydrogen-bond acceptors (Lipinski definition) is 12. The van der Waals surface area contributed by atoms with Crippen molar-refractivity contribution in [1.82, 2.24) is 39.1 Å². The maximum atomic E-state index is 14.1. The number of aromatic amines is 1. The summed E-state index contributed by atoms with van der Waals surface area (Å²) in [5.74, 6) is -1.18. The van der Waals surface area contributed by atoms with Crippen LogP contribution in [0.15, 0.2) is 126 Å². The number of hydrogen-bond donors (Lipinski definition) is 5. The molecule has 2 amide bonds. The van der Waals surface area contributed by atoms with Crippen LogP contribution >= 0.6 is 23.5 Å². The normalized spacial score (nSPS) is 14.8. The molecule has 5 N–H and O–H groups in total. The number of anilines is 4. The highest BCUT2D eigenvalue weighted by molar-refractivity contribution is 8.00. The monoisotopic (exact) mass is 1250 g/mol. The zero-order valence-electron chi connectivity index (χ0n) is 51.1. The third-order valence-electron chi connectivity index (χ3n) is 15.8. The first kappa shape index (κ1) is 65.4. The Hall–Kier alpha value is -7.08. The van der Waals surface area contributed by atoms with E-state index in [2.05, 4.69) is 93.6 Å². The van der Waals surface area contributed by atoms with Crippen molar-refractivity contribution in [3.63, 3.8) is 0 Å². The predicted molar refractivity (Wildman–Crippen MR) is 345 cm³/mol. The van der Waals surface area contributed by atoms with Gasteiger partial charge >= 0.3 is 12.4 Å². The summed E-state index contributed by atoms with van der Waals surface area (Å²) in [6.07, 6.45) is -1.58. The Kier molecular flexibility index (Phi) is 21.6. The van der Waals surface area contributed by atoms with Crippen molar-refractivity contribution in [3.05, 3.63) is 166 Å². The molecule has 0 atom stereocenters. The fourth-order valence-electron chi connectivity index (χ4n) is 10.9. The number of nitrogens with one attached hydrogen (secondary N) is 5. The lowest BCUT2D eigenvalue weighted by molar-refractivity contribution is -0.139. The van der Waals surface area contributed by atoms with Gasteiger partial charge in [0.15, 0.2) is 0 Å². The molecule has 8 aromatic rings. The van der Waals surface area contributed by atoms with E-state index < -0.39 is 35.3 Å². The number of pyridine rings is 2. The summed E-state index contributed by atoms with van der Waals surface area (Å²) in [6, 6.07) is 24.7. The minimum atomic E-state index is -4.57. The quantitative estimate of drug-likeness (QED) is 0.0366. The highest BCUT2D eigenvalue weighted by Crippen LogP contribution is 2.38. The van der Waals surface area contributed by atoms with Gasteiger partial charge in [-0.1, -0.05) is 65.8 Å². The van der Waals surface area contributed by atoms with Gasteiger partial charge in [-0.25, -0.2) is 9.97 Å². The number of H-pyrrole nitrogens is 1. The van der Waals surface area contributed by atoms with Crippen molar-refractivity contribution < 1.29 is 35.9 Å². The maximum Gasteiger partial charge on any atom is 0.416 e. The van der Waals surface area contributed by atoms with Crippen molar-refractivity contribution >= 4 is 80.2 Å². The van der Waals surface area contributed by atoms with Crippen LogP contribution in [0.1, 0.15) is 101 Å². The van der Waals surface area contributed by atoms with Gasteiger partial charge in [0.2, 0.25) is 0 Å². The van der Waals surface area contributed by atoms with Gasteiger partial charge in [-0.2, -0.15) is 26.3 Å². The highest BCUT2D eigenvalue weighted by atomic mass is 32.2. The van der Waals surface area contributed by atoms with Crippen LogP contribution in [0.4, 0.5) is 49.1 Å². The summed E-state index contributed by atoms with van der Waals surface area (Å²) in [4.78, 5) is 49.6. The highest BCUT2D eigenvalue weighted by Gasteiger charge is 2.36. The fourth-order valence-corrected chi connectivity index (χ4v) is 12.8. The standard InChI is InChI=1S/2C33H39F3N6OS/c1-5-40-14-16-41(17-15-40)20-25-8-7-24(18-28(25)33(34,35)36)32(43)39-26-9-6-23(4)29(19-26)38-21-42-13-11-27-30(44-22(2)3)10-12-37-31(27)42;1-5-41-12-14-42(15-13-41)20-24-8-7-23(16-28(24)33(34,35)36)32(43)40-26-9-6-22(4)29(17-26)38-18-25-19-39-31-27(10-11-37-31)30(25)44-21(2)3/h6-13,18-19,22,38H,5,14-17,20-21H2,1-4H3,(H,39,43);6-11,16-17,19,21,38H,5,12-15,18,20H2,1-4H3,(H,37,39)(H,40,43). The van der Waals surface area contributed by atoms with Crippen molar-refractivity contribution in [2.75, 3.05) is 86.7 Å². The van der Waals surface area contributed by atoms with Crippen LogP contribution in [0.25, 0.3) is 22.1 Å². The number of carbonyl (C=O) groups excluding carboxylic acids is 2. The second-order valence-electron chi connectivity index (χ2n) is 22.8. The summed E-state index contributed by atoms with van der Waals surface area (Å²) in [5.41, 5.74) is 6.06. The number of aromatic nitrogens is 4. The minimum Gasteiger partial charge on any atom is -0.381 e. The Labute approximate surface area is 519 Å². The number of likely N-dealkylation sites (N-methyl/N-ethyl adjacent to an activating group) is 2. The van der Waals surface area contributed by atoms with E-state index >= 15 is 0 Å². The average Bonchev–Trinajstić information content (AvgIpc) is 4.19. The van der Waals surface area contributed by atoms with Gasteiger partial charge in [0.25, 0.3) is 11.8 Å². The summed E-state index contributed by atoms with van der Waals surface area (Å²) in [6.45, 7) is 26.1. The molecule has 2 fully saturated rings. The molecule has 0 bridgehead atoms. The molecule has 0 saturated carbocycles. The van der Waals surface area contributed by atoms with Gasteiger partial charge in [0.1, 0.15) is 11.3 Å². The topological polar surface area (TPSA) is 142 Å². The first-order chi connectivity index (χ1) is 42.0.